The average Bonchev–Trinajstić information content (AvgIpc) is 2.28. The van der Waals surface area contributed by atoms with Gasteiger partial charge in [0, 0.05) is 33.4 Å². The predicted molar refractivity (Wildman–Crippen MR) is 71.7 cm³/mol. The molecule has 0 saturated heterocycles. The van der Waals surface area contributed by atoms with Crippen molar-refractivity contribution in [2.75, 3.05) is 34.0 Å². The maximum absolute atomic E-state index is 5.75. The van der Waals surface area contributed by atoms with Crippen molar-refractivity contribution in [3.8, 4) is 0 Å². The van der Waals surface area contributed by atoms with Crippen molar-refractivity contribution in [2.45, 2.75) is 33.2 Å². The molecule has 0 radical (unpaired) electrons. The van der Waals surface area contributed by atoms with Crippen molar-refractivity contribution in [3.05, 3.63) is 0 Å². The Morgan fingerprint density at radius 1 is 1.18 bits per heavy atom. The first-order valence-electron chi connectivity index (χ1n) is 6.04. The molecule has 0 saturated carbocycles. The first kappa shape index (κ1) is 17.0. The Hall–Kier alpha value is 0.0169. The lowest BCUT2D eigenvalue weighted by Crippen LogP contribution is -2.47. The summed E-state index contributed by atoms with van der Waals surface area (Å²) in [5.74, 6) is 0. The average molecular weight is 264 g/mol. The minimum atomic E-state index is -2.51. The summed E-state index contributed by atoms with van der Waals surface area (Å²) in [7, 11) is 0.802. The quantitative estimate of drug-likeness (QED) is 0.372. The number of hydrogen-bond donors (Lipinski definition) is 2. The van der Waals surface area contributed by atoms with Crippen LogP contribution in [0.1, 0.15) is 27.2 Å². The van der Waals surface area contributed by atoms with E-state index in [1.807, 2.05) is 0 Å². The summed E-state index contributed by atoms with van der Waals surface area (Å²) in [4.78, 5) is 0. The van der Waals surface area contributed by atoms with Crippen molar-refractivity contribution in [2.24, 2.45) is 11.1 Å². The zero-order valence-corrected chi connectivity index (χ0v) is 12.8. The molecule has 0 fully saturated rings. The highest BCUT2D eigenvalue weighted by molar-refractivity contribution is 6.60. The molecule has 0 aliphatic rings. The molecule has 17 heavy (non-hydrogen) atoms. The normalized spacial score (nSPS) is 13.1. The maximum atomic E-state index is 5.75. The molecular formula is C11H28N2O3Si. The molecule has 0 aliphatic heterocycles. The fraction of sp³-hybridized carbons (Fsp3) is 1.00. The zero-order valence-electron chi connectivity index (χ0n) is 11.8. The lowest BCUT2D eigenvalue weighted by Gasteiger charge is -2.29. The van der Waals surface area contributed by atoms with Gasteiger partial charge in [0.2, 0.25) is 0 Å². The molecule has 5 nitrogen and oxygen atoms in total. The number of rotatable bonds is 9. The van der Waals surface area contributed by atoms with Gasteiger partial charge in [-0.25, -0.2) is 0 Å². The molecule has 0 bridgehead atoms. The van der Waals surface area contributed by atoms with E-state index in [0.29, 0.717) is 13.3 Å². The van der Waals surface area contributed by atoms with Crippen molar-refractivity contribution in [1.29, 1.82) is 0 Å². The maximum Gasteiger partial charge on any atom is 0.501 e. The van der Waals surface area contributed by atoms with Crippen LogP contribution < -0.4 is 11.1 Å². The predicted octanol–water partition coefficient (Wildman–Crippen LogP) is 1.18. The van der Waals surface area contributed by atoms with Gasteiger partial charge >= 0.3 is 8.80 Å². The van der Waals surface area contributed by atoms with E-state index in [1.54, 1.807) is 14.2 Å². The number of nitrogens with one attached hydrogen (secondary N) is 1. The van der Waals surface area contributed by atoms with Crippen molar-refractivity contribution >= 4 is 8.80 Å². The van der Waals surface area contributed by atoms with Crippen molar-refractivity contribution < 1.29 is 13.3 Å². The van der Waals surface area contributed by atoms with Crippen LogP contribution in [-0.2, 0) is 13.3 Å². The van der Waals surface area contributed by atoms with Gasteiger partial charge in [0.25, 0.3) is 0 Å². The Bertz CT molecular complexity index is 194. The minimum Gasteiger partial charge on any atom is -0.377 e. The molecule has 3 N–H and O–H groups in total. The molecule has 0 unspecified atom stereocenters. The van der Waals surface area contributed by atoms with Crippen LogP contribution in [0.25, 0.3) is 0 Å². The first-order valence-corrected chi connectivity index (χ1v) is 7.97. The van der Waals surface area contributed by atoms with Gasteiger partial charge in [-0.05, 0) is 11.8 Å². The molecule has 0 atom stereocenters. The highest BCUT2D eigenvalue weighted by atomic mass is 28.4. The summed E-state index contributed by atoms with van der Waals surface area (Å²) >= 11 is 0. The molecule has 0 aromatic heterocycles. The van der Waals surface area contributed by atoms with E-state index in [1.165, 1.54) is 0 Å². The fourth-order valence-electron chi connectivity index (χ4n) is 1.34. The third-order valence-electron chi connectivity index (χ3n) is 2.52. The monoisotopic (exact) mass is 264 g/mol. The summed E-state index contributed by atoms with van der Waals surface area (Å²) in [6.45, 7) is 8.35. The highest BCUT2D eigenvalue weighted by Gasteiger charge is 2.39. The van der Waals surface area contributed by atoms with Gasteiger partial charge in [-0.1, -0.05) is 20.8 Å². The zero-order chi connectivity index (χ0) is 13.4. The molecule has 0 heterocycles. The molecule has 6 heteroatoms. The van der Waals surface area contributed by atoms with Crippen LogP contribution in [0.5, 0.6) is 0 Å². The Balaban J connectivity index is 4.15. The molecule has 0 aromatic carbocycles. The first-order chi connectivity index (χ1) is 7.89. The van der Waals surface area contributed by atoms with E-state index in [2.05, 4.69) is 26.1 Å². The van der Waals surface area contributed by atoms with Crippen LogP contribution in [0.3, 0.4) is 0 Å². The topological polar surface area (TPSA) is 65.7 Å². The van der Waals surface area contributed by atoms with Gasteiger partial charge in [-0.3, -0.25) is 5.32 Å². The van der Waals surface area contributed by atoms with E-state index in [-0.39, 0.29) is 5.41 Å². The van der Waals surface area contributed by atoms with Crippen molar-refractivity contribution in [3.63, 3.8) is 0 Å². The summed E-state index contributed by atoms with van der Waals surface area (Å²) in [5.41, 5.74) is 5.64. The fourth-order valence-corrected chi connectivity index (χ4v) is 3.67. The van der Waals surface area contributed by atoms with E-state index in [4.69, 9.17) is 19.0 Å². The third-order valence-corrected chi connectivity index (χ3v) is 5.21. The van der Waals surface area contributed by atoms with Gasteiger partial charge in [-0.15, -0.1) is 0 Å². The number of hydrogen-bond acceptors (Lipinski definition) is 5. The molecule has 104 valence electrons. The smallest absolute Gasteiger partial charge is 0.377 e. The van der Waals surface area contributed by atoms with Crippen molar-refractivity contribution in [1.82, 2.24) is 5.32 Å². The van der Waals surface area contributed by atoms with E-state index in [9.17, 15) is 0 Å². The molecule has 0 aromatic rings. The second kappa shape index (κ2) is 8.18. The van der Waals surface area contributed by atoms with Gasteiger partial charge in [0.1, 0.15) is 0 Å². The Morgan fingerprint density at radius 2 is 1.76 bits per heavy atom. The van der Waals surface area contributed by atoms with Crippen LogP contribution in [0.15, 0.2) is 0 Å². The molecule has 0 rings (SSSR count). The van der Waals surface area contributed by atoms with Crippen LogP contribution in [-0.4, -0.2) is 42.8 Å². The molecular weight excluding hydrogens is 236 g/mol. The molecule has 0 amide bonds. The highest BCUT2D eigenvalue weighted by Crippen LogP contribution is 2.26. The Labute approximate surface area is 106 Å². The van der Waals surface area contributed by atoms with Gasteiger partial charge in [-0.2, -0.15) is 0 Å². The molecule has 0 spiro atoms. The van der Waals surface area contributed by atoms with E-state index < -0.39 is 8.80 Å². The third kappa shape index (κ3) is 7.85. The van der Waals surface area contributed by atoms with Gasteiger partial charge < -0.3 is 19.0 Å². The Kier molecular flexibility index (Phi) is 8.19. The standard InChI is InChI=1S/C11H28N2O3Si/c1-11(2,3)6-9-17(14-4,15-5)16-10-13-8-7-12/h13H,6-10,12H2,1-5H3. The van der Waals surface area contributed by atoms with Crippen LogP contribution in [0.4, 0.5) is 0 Å². The molecule has 0 aliphatic carbocycles. The summed E-state index contributed by atoms with van der Waals surface area (Å²) in [6, 6.07) is 0.827. The van der Waals surface area contributed by atoms with E-state index >= 15 is 0 Å². The second-order valence-electron chi connectivity index (χ2n) is 5.23. The van der Waals surface area contributed by atoms with Crippen LogP contribution >= 0.6 is 0 Å². The second-order valence-corrected chi connectivity index (χ2v) is 8.20. The van der Waals surface area contributed by atoms with Gasteiger partial charge in [0.05, 0.1) is 6.73 Å². The summed E-state index contributed by atoms with van der Waals surface area (Å²) in [6.07, 6.45) is 1.01. The lowest BCUT2D eigenvalue weighted by molar-refractivity contribution is 0.0870. The lowest BCUT2D eigenvalue weighted by atomic mass is 9.94. The largest absolute Gasteiger partial charge is 0.501 e. The Morgan fingerprint density at radius 3 is 2.18 bits per heavy atom. The van der Waals surface area contributed by atoms with Gasteiger partial charge in [0.15, 0.2) is 0 Å². The SMILES string of the molecule is CO[Si](CCC(C)(C)C)(OC)OCNCCN. The van der Waals surface area contributed by atoms with Crippen LogP contribution in [0.2, 0.25) is 6.04 Å². The van der Waals surface area contributed by atoms with E-state index in [0.717, 1.165) is 19.0 Å². The summed E-state index contributed by atoms with van der Waals surface area (Å²) in [5, 5.41) is 3.08. The number of nitrogens with two attached hydrogens (primary N) is 1. The summed E-state index contributed by atoms with van der Waals surface area (Å²) < 4.78 is 16.7. The van der Waals surface area contributed by atoms with Crippen LogP contribution in [0, 0.1) is 5.41 Å². The minimum absolute atomic E-state index is 0.253.